The van der Waals surface area contributed by atoms with Crippen LogP contribution in [0.15, 0.2) is 23.8 Å². The van der Waals surface area contributed by atoms with Gasteiger partial charge in [-0.25, -0.2) is 0 Å². The van der Waals surface area contributed by atoms with E-state index in [0.29, 0.717) is 0 Å². The summed E-state index contributed by atoms with van der Waals surface area (Å²) in [7, 11) is 0. The summed E-state index contributed by atoms with van der Waals surface area (Å²) in [6.45, 7) is 1.55. The predicted molar refractivity (Wildman–Crippen MR) is 42.2 cm³/mol. The minimum atomic E-state index is 0.00361. The van der Waals surface area contributed by atoms with Crippen molar-refractivity contribution in [3.63, 3.8) is 0 Å². The van der Waals surface area contributed by atoms with Gasteiger partial charge in [-0.05, 0) is 13.3 Å². The largest absolute Gasteiger partial charge is 0.295 e. The van der Waals surface area contributed by atoms with Crippen molar-refractivity contribution in [3.05, 3.63) is 23.8 Å². The molecule has 2 heteroatoms. The molecule has 0 saturated heterocycles. The first kappa shape index (κ1) is 7.55. The van der Waals surface area contributed by atoms with Crippen LogP contribution in [0.1, 0.15) is 13.3 Å². The van der Waals surface area contributed by atoms with Gasteiger partial charge in [0.2, 0.25) is 0 Å². The molecule has 0 aromatic carbocycles. The molecular formula is C8H9ClO. The van der Waals surface area contributed by atoms with Gasteiger partial charge < -0.3 is 0 Å². The van der Waals surface area contributed by atoms with Crippen LogP contribution in [-0.2, 0) is 4.79 Å². The van der Waals surface area contributed by atoms with Crippen molar-refractivity contribution in [2.75, 3.05) is 0 Å². The summed E-state index contributed by atoms with van der Waals surface area (Å²) in [4.78, 5) is 10.8. The first-order chi connectivity index (χ1) is 4.70. The van der Waals surface area contributed by atoms with E-state index in [0.717, 1.165) is 12.0 Å². The van der Waals surface area contributed by atoms with Crippen molar-refractivity contribution in [1.29, 1.82) is 0 Å². The molecule has 0 heterocycles. The third-order valence-corrected chi connectivity index (χ3v) is 1.73. The highest BCUT2D eigenvalue weighted by Crippen LogP contribution is 2.15. The Bertz CT molecular complexity index is 203. The Kier molecular flexibility index (Phi) is 2.28. The summed E-state index contributed by atoms with van der Waals surface area (Å²) in [5.74, 6) is 0.0848. The molecule has 1 rings (SSSR count). The summed E-state index contributed by atoms with van der Waals surface area (Å²) in [5.41, 5.74) is 0.728. The molecule has 0 aliphatic heterocycles. The van der Waals surface area contributed by atoms with Gasteiger partial charge in [-0.2, -0.15) is 0 Å². The van der Waals surface area contributed by atoms with Crippen molar-refractivity contribution in [1.82, 2.24) is 0 Å². The van der Waals surface area contributed by atoms with E-state index < -0.39 is 0 Å². The van der Waals surface area contributed by atoms with Gasteiger partial charge in [0, 0.05) is 5.57 Å². The van der Waals surface area contributed by atoms with E-state index in [2.05, 4.69) is 0 Å². The molecule has 1 atom stereocenters. The Morgan fingerprint density at radius 2 is 2.50 bits per heavy atom. The topological polar surface area (TPSA) is 17.1 Å². The van der Waals surface area contributed by atoms with Gasteiger partial charge in [0.15, 0.2) is 5.78 Å². The van der Waals surface area contributed by atoms with Crippen molar-refractivity contribution in [2.45, 2.75) is 18.7 Å². The fourth-order valence-corrected chi connectivity index (χ4v) is 1.12. The average Bonchev–Trinajstić information content (AvgIpc) is 1.88. The SMILES string of the molecule is CC(=O)C1=CC(Cl)CC=C1. The third kappa shape index (κ3) is 1.71. The van der Waals surface area contributed by atoms with E-state index in [1.54, 1.807) is 13.0 Å². The summed E-state index contributed by atoms with van der Waals surface area (Å²) < 4.78 is 0. The van der Waals surface area contributed by atoms with Crippen LogP contribution in [0.3, 0.4) is 0 Å². The number of alkyl halides is 1. The molecule has 0 N–H and O–H groups in total. The van der Waals surface area contributed by atoms with Gasteiger partial charge in [0.1, 0.15) is 0 Å². The number of Topliss-reactive ketones (excluding diaryl/α,β-unsaturated/α-hetero) is 1. The van der Waals surface area contributed by atoms with Gasteiger partial charge >= 0.3 is 0 Å². The second-order valence-corrected chi connectivity index (χ2v) is 2.89. The van der Waals surface area contributed by atoms with E-state index in [1.165, 1.54) is 0 Å². The predicted octanol–water partition coefficient (Wildman–Crippen LogP) is 2.07. The Morgan fingerprint density at radius 1 is 1.80 bits per heavy atom. The number of hydrogen-bond acceptors (Lipinski definition) is 1. The number of hydrogen-bond donors (Lipinski definition) is 0. The number of rotatable bonds is 1. The summed E-state index contributed by atoms with van der Waals surface area (Å²) in [5, 5.41) is 0.00361. The maximum Gasteiger partial charge on any atom is 0.159 e. The lowest BCUT2D eigenvalue weighted by Gasteiger charge is -2.07. The fraction of sp³-hybridized carbons (Fsp3) is 0.375. The summed E-state index contributed by atoms with van der Waals surface area (Å²) in [6.07, 6.45) is 6.37. The van der Waals surface area contributed by atoms with Gasteiger partial charge in [0.05, 0.1) is 5.38 Å². The number of carbonyl (C=O) groups is 1. The highest BCUT2D eigenvalue weighted by atomic mass is 35.5. The van der Waals surface area contributed by atoms with Gasteiger partial charge in [-0.15, -0.1) is 11.6 Å². The second kappa shape index (κ2) is 3.02. The van der Waals surface area contributed by atoms with Crippen molar-refractivity contribution < 1.29 is 4.79 Å². The monoisotopic (exact) mass is 156 g/mol. The fourth-order valence-electron chi connectivity index (χ4n) is 0.878. The highest BCUT2D eigenvalue weighted by molar-refractivity contribution is 6.22. The molecule has 54 valence electrons. The molecule has 0 aromatic rings. The molecule has 1 nitrogen and oxygen atoms in total. The van der Waals surface area contributed by atoms with Crippen molar-refractivity contribution >= 4 is 17.4 Å². The highest BCUT2D eigenvalue weighted by Gasteiger charge is 2.07. The van der Waals surface area contributed by atoms with Gasteiger partial charge in [0.25, 0.3) is 0 Å². The zero-order valence-electron chi connectivity index (χ0n) is 5.80. The van der Waals surface area contributed by atoms with Crippen LogP contribution in [0.2, 0.25) is 0 Å². The zero-order chi connectivity index (χ0) is 7.56. The summed E-state index contributed by atoms with van der Waals surface area (Å²) >= 11 is 5.78. The van der Waals surface area contributed by atoms with Crippen molar-refractivity contribution in [3.8, 4) is 0 Å². The molecule has 0 fully saturated rings. The molecule has 1 unspecified atom stereocenters. The van der Waals surface area contributed by atoms with E-state index in [-0.39, 0.29) is 11.2 Å². The Hall–Kier alpha value is -0.560. The van der Waals surface area contributed by atoms with Crippen molar-refractivity contribution in [2.24, 2.45) is 0 Å². The quantitative estimate of drug-likeness (QED) is 0.532. The molecule has 0 radical (unpaired) electrons. The van der Waals surface area contributed by atoms with E-state index >= 15 is 0 Å². The molecule has 0 aromatic heterocycles. The van der Waals surface area contributed by atoms with Crippen LogP contribution >= 0.6 is 11.6 Å². The van der Waals surface area contributed by atoms with Gasteiger partial charge in [-0.1, -0.05) is 18.2 Å². The lowest BCUT2D eigenvalue weighted by atomic mass is 10.0. The van der Waals surface area contributed by atoms with Crippen LogP contribution in [-0.4, -0.2) is 11.2 Å². The van der Waals surface area contributed by atoms with E-state index in [1.807, 2.05) is 12.2 Å². The minimum Gasteiger partial charge on any atom is -0.295 e. The van der Waals surface area contributed by atoms with E-state index in [9.17, 15) is 4.79 Å². The Labute approximate surface area is 65.4 Å². The first-order valence-electron chi connectivity index (χ1n) is 3.23. The Morgan fingerprint density at radius 3 is 2.90 bits per heavy atom. The number of halogens is 1. The molecule has 10 heavy (non-hydrogen) atoms. The lowest BCUT2D eigenvalue weighted by molar-refractivity contribution is -0.113. The van der Waals surface area contributed by atoms with Gasteiger partial charge in [-0.3, -0.25) is 4.79 Å². The lowest BCUT2D eigenvalue weighted by Crippen LogP contribution is -2.03. The molecule has 1 aliphatic carbocycles. The minimum absolute atomic E-state index is 0.00361. The second-order valence-electron chi connectivity index (χ2n) is 2.33. The average molecular weight is 157 g/mol. The van der Waals surface area contributed by atoms with Crippen LogP contribution in [0.5, 0.6) is 0 Å². The zero-order valence-corrected chi connectivity index (χ0v) is 6.56. The molecule has 0 bridgehead atoms. The number of allylic oxidation sites excluding steroid dienone is 4. The normalized spacial score (nSPS) is 24.2. The van der Waals surface area contributed by atoms with Crippen LogP contribution in [0.25, 0.3) is 0 Å². The third-order valence-electron chi connectivity index (χ3n) is 1.43. The molecular weight excluding hydrogens is 148 g/mol. The molecule has 1 aliphatic rings. The number of ketones is 1. The summed E-state index contributed by atoms with van der Waals surface area (Å²) in [6, 6.07) is 0. The molecule has 0 spiro atoms. The standard InChI is InChI=1S/C8H9ClO/c1-6(10)7-3-2-4-8(9)5-7/h2-3,5,8H,4H2,1H3. The molecule has 0 saturated carbocycles. The van der Waals surface area contributed by atoms with E-state index in [4.69, 9.17) is 11.6 Å². The maximum absolute atomic E-state index is 10.8. The Balaban J connectivity index is 2.76. The first-order valence-corrected chi connectivity index (χ1v) is 3.67. The number of carbonyl (C=O) groups excluding carboxylic acids is 1. The maximum atomic E-state index is 10.8. The smallest absolute Gasteiger partial charge is 0.159 e. The molecule has 0 amide bonds. The van der Waals surface area contributed by atoms with Crippen LogP contribution < -0.4 is 0 Å². The van der Waals surface area contributed by atoms with Crippen LogP contribution in [0, 0.1) is 0 Å². The van der Waals surface area contributed by atoms with Crippen LogP contribution in [0.4, 0.5) is 0 Å².